The summed E-state index contributed by atoms with van der Waals surface area (Å²) in [7, 11) is 1.64. The molecular weight excluding hydrogens is 466 g/mol. The quantitative estimate of drug-likeness (QED) is 0.467. The van der Waals surface area contributed by atoms with Crippen molar-refractivity contribution >= 4 is 22.7 Å². The van der Waals surface area contributed by atoms with E-state index in [1.165, 1.54) is 0 Å². The van der Waals surface area contributed by atoms with E-state index in [9.17, 15) is 9.59 Å². The number of nitrogens with one attached hydrogen (secondary N) is 1. The van der Waals surface area contributed by atoms with Crippen molar-refractivity contribution in [1.82, 2.24) is 14.8 Å². The molecule has 1 N–H and O–H groups in total. The number of hydrogen-bond donors (Lipinski definition) is 1. The van der Waals surface area contributed by atoms with Crippen LogP contribution >= 0.6 is 0 Å². The molecule has 7 nitrogen and oxygen atoms in total. The summed E-state index contributed by atoms with van der Waals surface area (Å²) in [5, 5.41) is 1.08. The third kappa shape index (κ3) is 4.14. The Kier molecular flexibility index (Phi) is 6.65. The molecule has 1 saturated heterocycles. The van der Waals surface area contributed by atoms with E-state index in [1.807, 2.05) is 37.3 Å². The van der Waals surface area contributed by atoms with Gasteiger partial charge in [-0.05, 0) is 55.0 Å². The summed E-state index contributed by atoms with van der Waals surface area (Å²) in [5.41, 5.74) is 2.80. The van der Waals surface area contributed by atoms with E-state index in [0.717, 1.165) is 40.6 Å². The fourth-order valence-electron chi connectivity index (χ4n) is 5.80. The number of para-hydroxylation sites is 1. The van der Waals surface area contributed by atoms with Crippen LogP contribution in [0.5, 0.6) is 11.5 Å². The highest BCUT2D eigenvalue weighted by molar-refractivity contribution is 6.01. The minimum absolute atomic E-state index is 0.0140. The number of benzene rings is 2. The number of hydrogen-bond acceptors (Lipinski definition) is 4. The molecule has 1 fully saturated rings. The molecule has 0 radical (unpaired) electrons. The normalized spacial score (nSPS) is 21.4. The second-order valence-corrected chi connectivity index (χ2v) is 10.8. The molecule has 2 atom stereocenters. The molecule has 1 unspecified atom stereocenters. The SMILES string of the molecule is CCCOc1ccc(C2CN3C(=O)CN(CCC(C)C)C(=O)[C@]3(C)c3[nH]c4ccccc4c32)cc1OC. The molecule has 5 rings (SSSR count). The van der Waals surface area contributed by atoms with Crippen LogP contribution in [-0.2, 0) is 15.1 Å². The van der Waals surface area contributed by atoms with Crippen LogP contribution in [0.2, 0.25) is 0 Å². The molecule has 0 aliphatic carbocycles. The number of aromatic nitrogens is 1. The maximum atomic E-state index is 14.0. The number of piperazine rings is 1. The summed E-state index contributed by atoms with van der Waals surface area (Å²) in [6, 6.07) is 14.2. The summed E-state index contributed by atoms with van der Waals surface area (Å²) in [5.74, 6) is 1.68. The van der Waals surface area contributed by atoms with Crippen LogP contribution in [-0.4, -0.2) is 59.9 Å². The number of rotatable bonds is 8. The first-order valence-corrected chi connectivity index (χ1v) is 13.3. The van der Waals surface area contributed by atoms with Gasteiger partial charge in [0.05, 0.1) is 26.0 Å². The number of nitrogens with zero attached hydrogens (tertiary/aromatic N) is 2. The Morgan fingerprint density at radius 2 is 1.92 bits per heavy atom. The lowest BCUT2D eigenvalue weighted by Crippen LogP contribution is -2.67. The summed E-state index contributed by atoms with van der Waals surface area (Å²) in [6.45, 7) is 9.99. The summed E-state index contributed by atoms with van der Waals surface area (Å²) in [4.78, 5) is 34.7. The van der Waals surface area contributed by atoms with Crippen molar-refractivity contribution in [2.45, 2.75) is 52.0 Å². The van der Waals surface area contributed by atoms with Gasteiger partial charge >= 0.3 is 0 Å². The van der Waals surface area contributed by atoms with Crippen LogP contribution in [0.15, 0.2) is 42.5 Å². The van der Waals surface area contributed by atoms with E-state index in [1.54, 1.807) is 16.9 Å². The van der Waals surface area contributed by atoms with E-state index in [0.29, 0.717) is 37.1 Å². The van der Waals surface area contributed by atoms with Crippen molar-refractivity contribution in [3.05, 3.63) is 59.3 Å². The van der Waals surface area contributed by atoms with Gasteiger partial charge in [0.2, 0.25) is 5.91 Å². The molecule has 2 aliphatic rings. The van der Waals surface area contributed by atoms with E-state index in [-0.39, 0.29) is 24.3 Å². The average molecular weight is 504 g/mol. The summed E-state index contributed by atoms with van der Waals surface area (Å²) < 4.78 is 11.6. The molecule has 3 aromatic rings. The molecule has 1 aromatic heterocycles. The van der Waals surface area contributed by atoms with Gasteiger partial charge in [0.25, 0.3) is 5.91 Å². The Labute approximate surface area is 218 Å². The summed E-state index contributed by atoms with van der Waals surface area (Å²) >= 11 is 0. The molecule has 37 heavy (non-hydrogen) atoms. The van der Waals surface area contributed by atoms with Crippen molar-refractivity contribution in [2.75, 3.05) is 33.4 Å². The minimum Gasteiger partial charge on any atom is -0.493 e. The van der Waals surface area contributed by atoms with Gasteiger partial charge in [-0.2, -0.15) is 0 Å². The zero-order valence-electron chi connectivity index (χ0n) is 22.5. The lowest BCUT2D eigenvalue weighted by molar-refractivity contribution is -0.166. The van der Waals surface area contributed by atoms with Crippen LogP contribution in [0.4, 0.5) is 0 Å². The first-order valence-electron chi connectivity index (χ1n) is 13.3. The number of ether oxygens (including phenoxy) is 2. The lowest BCUT2D eigenvalue weighted by atomic mass is 9.76. The van der Waals surface area contributed by atoms with Crippen molar-refractivity contribution in [1.29, 1.82) is 0 Å². The molecule has 0 saturated carbocycles. The number of H-pyrrole nitrogens is 1. The number of fused-ring (bicyclic) bond motifs is 5. The van der Waals surface area contributed by atoms with Crippen molar-refractivity contribution < 1.29 is 19.1 Å². The molecule has 2 aromatic carbocycles. The van der Waals surface area contributed by atoms with Gasteiger partial charge in [-0.15, -0.1) is 0 Å². The molecule has 0 spiro atoms. The van der Waals surface area contributed by atoms with Gasteiger partial charge in [-0.25, -0.2) is 0 Å². The molecule has 2 aliphatic heterocycles. The second-order valence-electron chi connectivity index (χ2n) is 10.8. The highest BCUT2D eigenvalue weighted by Gasteiger charge is 2.56. The number of aromatic amines is 1. The van der Waals surface area contributed by atoms with Gasteiger partial charge in [0.15, 0.2) is 17.0 Å². The molecule has 7 heteroatoms. The largest absolute Gasteiger partial charge is 0.493 e. The number of carbonyl (C=O) groups is 2. The zero-order valence-corrected chi connectivity index (χ0v) is 22.5. The van der Waals surface area contributed by atoms with Crippen molar-refractivity contribution in [3.63, 3.8) is 0 Å². The van der Waals surface area contributed by atoms with Gasteiger partial charge in [-0.1, -0.05) is 45.0 Å². The van der Waals surface area contributed by atoms with Crippen LogP contribution < -0.4 is 9.47 Å². The van der Waals surface area contributed by atoms with E-state index in [2.05, 4.69) is 37.9 Å². The second kappa shape index (κ2) is 9.77. The standard InChI is InChI=1S/C30H37N3O4/c1-6-15-37-24-12-11-20(16-25(24)36-5)22-17-33-26(34)18-32(14-13-19(2)3)29(35)30(33,4)28-27(22)21-9-7-8-10-23(21)31-28/h7-12,16,19,22,31H,6,13-15,17-18H2,1-5H3/t22?,30-/m0/s1. The van der Waals surface area contributed by atoms with Crippen LogP contribution in [0.1, 0.15) is 63.3 Å². The number of amides is 2. The smallest absolute Gasteiger partial charge is 0.254 e. The average Bonchev–Trinajstić information content (AvgIpc) is 3.29. The monoisotopic (exact) mass is 503 g/mol. The fraction of sp³-hybridized carbons (Fsp3) is 0.467. The highest BCUT2D eigenvalue weighted by Crippen LogP contribution is 2.49. The Morgan fingerprint density at radius 1 is 1.14 bits per heavy atom. The van der Waals surface area contributed by atoms with Crippen molar-refractivity contribution in [3.8, 4) is 11.5 Å². The number of carbonyl (C=O) groups excluding carboxylic acids is 2. The zero-order chi connectivity index (χ0) is 26.3. The molecule has 2 amide bonds. The maximum absolute atomic E-state index is 14.0. The first-order chi connectivity index (χ1) is 17.8. The number of methoxy groups -OCH3 is 1. The topological polar surface area (TPSA) is 74.9 Å². The van der Waals surface area contributed by atoms with E-state index in [4.69, 9.17) is 9.47 Å². The van der Waals surface area contributed by atoms with Gasteiger partial charge in [-0.3, -0.25) is 9.59 Å². The van der Waals surface area contributed by atoms with E-state index < -0.39 is 5.54 Å². The Hall–Kier alpha value is -3.48. The van der Waals surface area contributed by atoms with Crippen LogP contribution in [0.25, 0.3) is 10.9 Å². The predicted octanol–water partition coefficient (Wildman–Crippen LogP) is 5.04. The lowest BCUT2D eigenvalue weighted by Gasteiger charge is -2.51. The Balaban J connectivity index is 1.64. The minimum atomic E-state index is -1.08. The molecule has 0 bridgehead atoms. The first kappa shape index (κ1) is 25.2. The Bertz CT molecular complexity index is 1330. The van der Waals surface area contributed by atoms with Gasteiger partial charge in [0, 0.05) is 29.9 Å². The third-order valence-corrected chi connectivity index (χ3v) is 7.85. The molecular formula is C30H37N3O4. The van der Waals surface area contributed by atoms with Crippen LogP contribution in [0.3, 0.4) is 0 Å². The van der Waals surface area contributed by atoms with Gasteiger partial charge in [0.1, 0.15) is 0 Å². The fourth-order valence-corrected chi connectivity index (χ4v) is 5.80. The van der Waals surface area contributed by atoms with E-state index >= 15 is 0 Å². The maximum Gasteiger partial charge on any atom is 0.254 e. The third-order valence-electron chi connectivity index (χ3n) is 7.85. The van der Waals surface area contributed by atoms with Crippen molar-refractivity contribution in [2.24, 2.45) is 5.92 Å². The van der Waals surface area contributed by atoms with Gasteiger partial charge < -0.3 is 24.3 Å². The Morgan fingerprint density at radius 3 is 2.65 bits per heavy atom. The predicted molar refractivity (Wildman–Crippen MR) is 144 cm³/mol. The highest BCUT2D eigenvalue weighted by atomic mass is 16.5. The molecule has 196 valence electrons. The van der Waals surface area contributed by atoms with Crippen LogP contribution in [0, 0.1) is 5.92 Å². The summed E-state index contributed by atoms with van der Waals surface area (Å²) in [6.07, 6.45) is 1.77. The molecule has 3 heterocycles.